The zero-order valence-electron chi connectivity index (χ0n) is 10.6. The first-order valence-corrected chi connectivity index (χ1v) is 6.55. The predicted molar refractivity (Wildman–Crippen MR) is 65.0 cm³/mol. The van der Waals surface area contributed by atoms with E-state index in [4.69, 9.17) is 0 Å². The van der Waals surface area contributed by atoms with Gasteiger partial charge in [0.25, 0.3) is 0 Å². The van der Waals surface area contributed by atoms with E-state index in [2.05, 4.69) is 31.1 Å². The lowest BCUT2D eigenvalue weighted by atomic mass is 9.72. The SMILES string of the molecule is CC(C)CC1N(C)CCC12CCCNC2. The first-order valence-electron chi connectivity index (χ1n) is 6.55. The predicted octanol–water partition coefficient (Wildman–Crippen LogP) is 2.11. The lowest BCUT2D eigenvalue weighted by Crippen LogP contribution is -2.48. The fraction of sp³-hybridized carbons (Fsp3) is 1.00. The average Bonchev–Trinajstić information content (AvgIpc) is 2.48. The van der Waals surface area contributed by atoms with Gasteiger partial charge in [-0.25, -0.2) is 0 Å². The van der Waals surface area contributed by atoms with Gasteiger partial charge in [-0.3, -0.25) is 0 Å². The maximum atomic E-state index is 3.61. The molecule has 1 N–H and O–H groups in total. The summed E-state index contributed by atoms with van der Waals surface area (Å²) in [6.45, 7) is 8.51. The van der Waals surface area contributed by atoms with Crippen LogP contribution in [0.25, 0.3) is 0 Å². The zero-order chi connectivity index (χ0) is 10.9. The second-order valence-corrected chi connectivity index (χ2v) is 6.02. The fourth-order valence-electron chi connectivity index (χ4n) is 3.55. The Labute approximate surface area is 94.4 Å². The molecule has 0 amide bonds. The standard InChI is InChI=1S/C13H26N2/c1-11(2)9-12-13(6-8-15(12)3)5-4-7-14-10-13/h11-12,14H,4-10H2,1-3H3. The summed E-state index contributed by atoms with van der Waals surface area (Å²) in [5.74, 6) is 0.828. The van der Waals surface area contributed by atoms with Gasteiger partial charge in [0.05, 0.1) is 0 Å². The molecule has 0 aromatic heterocycles. The van der Waals surface area contributed by atoms with E-state index >= 15 is 0 Å². The molecule has 2 atom stereocenters. The smallest absolute Gasteiger partial charge is 0.0164 e. The Balaban J connectivity index is 2.08. The molecule has 0 bridgehead atoms. The first kappa shape index (κ1) is 11.4. The van der Waals surface area contributed by atoms with E-state index in [0.717, 1.165) is 12.0 Å². The van der Waals surface area contributed by atoms with Gasteiger partial charge < -0.3 is 10.2 Å². The molecule has 0 aromatic rings. The minimum absolute atomic E-state index is 0.608. The number of nitrogens with zero attached hydrogens (tertiary/aromatic N) is 1. The molecule has 0 aliphatic carbocycles. The molecule has 0 saturated carbocycles. The molecule has 15 heavy (non-hydrogen) atoms. The van der Waals surface area contributed by atoms with Gasteiger partial charge >= 0.3 is 0 Å². The number of nitrogens with one attached hydrogen (secondary N) is 1. The number of hydrogen-bond acceptors (Lipinski definition) is 2. The van der Waals surface area contributed by atoms with Crippen LogP contribution in [-0.2, 0) is 0 Å². The summed E-state index contributed by atoms with van der Waals surface area (Å²) < 4.78 is 0. The molecular formula is C13H26N2. The van der Waals surface area contributed by atoms with Crippen LogP contribution in [0.4, 0.5) is 0 Å². The number of likely N-dealkylation sites (tertiary alicyclic amines) is 1. The summed E-state index contributed by atoms with van der Waals surface area (Å²) >= 11 is 0. The minimum Gasteiger partial charge on any atom is -0.316 e. The summed E-state index contributed by atoms with van der Waals surface area (Å²) in [7, 11) is 2.32. The van der Waals surface area contributed by atoms with Crippen molar-refractivity contribution in [2.45, 2.75) is 45.6 Å². The average molecular weight is 210 g/mol. The van der Waals surface area contributed by atoms with E-state index in [1.54, 1.807) is 0 Å². The van der Waals surface area contributed by atoms with Crippen LogP contribution in [-0.4, -0.2) is 37.6 Å². The molecule has 2 aliphatic heterocycles. The summed E-state index contributed by atoms with van der Waals surface area (Å²) in [5, 5.41) is 3.61. The summed E-state index contributed by atoms with van der Waals surface area (Å²) in [6, 6.07) is 0.824. The molecule has 1 spiro atoms. The van der Waals surface area contributed by atoms with Crippen molar-refractivity contribution in [3.63, 3.8) is 0 Å². The maximum Gasteiger partial charge on any atom is 0.0164 e. The Morgan fingerprint density at radius 3 is 2.80 bits per heavy atom. The molecule has 2 rings (SSSR count). The highest BCUT2D eigenvalue weighted by Gasteiger charge is 2.45. The van der Waals surface area contributed by atoms with E-state index in [-0.39, 0.29) is 0 Å². The quantitative estimate of drug-likeness (QED) is 0.751. The van der Waals surface area contributed by atoms with Crippen molar-refractivity contribution in [3.8, 4) is 0 Å². The van der Waals surface area contributed by atoms with E-state index in [1.165, 1.54) is 45.3 Å². The van der Waals surface area contributed by atoms with Crippen LogP contribution in [0.3, 0.4) is 0 Å². The Hall–Kier alpha value is -0.0800. The van der Waals surface area contributed by atoms with Crippen LogP contribution in [0.5, 0.6) is 0 Å². The first-order chi connectivity index (χ1) is 7.14. The largest absolute Gasteiger partial charge is 0.316 e. The number of piperidine rings is 1. The monoisotopic (exact) mass is 210 g/mol. The third kappa shape index (κ3) is 2.21. The molecule has 2 nitrogen and oxygen atoms in total. The molecule has 88 valence electrons. The number of hydrogen-bond donors (Lipinski definition) is 1. The molecule has 2 unspecified atom stereocenters. The van der Waals surface area contributed by atoms with Gasteiger partial charge in [-0.1, -0.05) is 13.8 Å². The lowest BCUT2D eigenvalue weighted by Gasteiger charge is -2.41. The van der Waals surface area contributed by atoms with Crippen LogP contribution in [0.2, 0.25) is 0 Å². The van der Waals surface area contributed by atoms with E-state index in [9.17, 15) is 0 Å². The Morgan fingerprint density at radius 1 is 1.40 bits per heavy atom. The van der Waals surface area contributed by atoms with Gasteiger partial charge in [0, 0.05) is 12.6 Å². The van der Waals surface area contributed by atoms with E-state index in [1.807, 2.05) is 0 Å². The normalized spacial score (nSPS) is 38.0. The highest BCUT2D eigenvalue weighted by molar-refractivity contribution is 5.01. The number of rotatable bonds is 2. The highest BCUT2D eigenvalue weighted by atomic mass is 15.2. The topological polar surface area (TPSA) is 15.3 Å². The van der Waals surface area contributed by atoms with Crippen LogP contribution in [0.1, 0.15) is 39.5 Å². The van der Waals surface area contributed by atoms with Gasteiger partial charge in [0.15, 0.2) is 0 Å². The molecule has 2 heteroatoms. The molecule has 2 fully saturated rings. The lowest BCUT2D eigenvalue weighted by molar-refractivity contribution is 0.117. The Morgan fingerprint density at radius 2 is 2.20 bits per heavy atom. The van der Waals surface area contributed by atoms with Gasteiger partial charge in [-0.05, 0) is 57.2 Å². The van der Waals surface area contributed by atoms with Crippen molar-refractivity contribution in [2.75, 3.05) is 26.7 Å². The van der Waals surface area contributed by atoms with Crippen molar-refractivity contribution in [1.29, 1.82) is 0 Å². The Bertz CT molecular complexity index is 201. The van der Waals surface area contributed by atoms with Crippen LogP contribution < -0.4 is 5.32 Å². The minimum atomic E-state index is 0.608. The van der Waals surface area contributed by atoms with E-state index < -0.39 is 0 Å². The summed E-state index contributed by atoms with van der Waals surface area (Å²) in [6.07, 6.45) is 5.61. The second-order valence-electron chi connectivity index (χ2n) is 6.02. The molecule has 2 saturated heterocycles. The van der Waals surface area contributed by atoms with Crippen LogP contribution in [0, 0.1) is 11.3 Å². The van der Waals surface area contributed by atoms with Gasteiger partial charge in [0.2, 0.25) is 0 Å². The molecule has 0 radical (unpaired) electrons. The molecule has 2 aliphatic rings. The third-order valence-corrected chi connectivity index (χ3v) is 4.40. The van der Waals surface area contributed by atoms with Crippen molar-refractivity contribution in [3.05, 3.63) is 0 Å². The summed E-state index contributed by atoms with van der Waals surface area (Å²) in [5.41, 5.74) is 0.608. The second kappa shape index (κ2) is 4.42. The molecule has 0 aromatic carbocycles. The van der Waals surface area contributed by atoms with Gasteiger partial charge in [0.1, 0.15) is 0 Å². The van der Waals surface area contributed by atoms with Crippen LogP contribution >= 0.6 is 0 Å². The van der Waals surface area contributed by atoms with Gasteiger partial charge in [-0.15, -0.1) is 0 Å². The Kier molecular flexibility index (Phi) is 3.36. The molecular weight excluding hydrogens is 184 g/mol. The van der Waals surface area contributed by atoms with Gasteiger partial charge in [-0.2, -0.15) is 0 Å². The van der Waals surface area contributed by atoms with E-state index in [0.29, 0.717) is 5.41 Å². The van der Waals surface area contributed by atoms with Crippen molar-refractivity contribution in [2.24, 2.45) is 11.3 Å². The maximum absolute atomic E-state index is 3.61. The van der Waals surface area contributed by atoms with Crippen molar-refractivity contribution in [1.82, 2.24) is 10.2 Å². The van der Waals surface area contributed by atoms with Crippen LogP contribution in [0.15, 0.2) is 0 Å². The zero-order valence-corrected chi connectivity index (χ0v) is 10.6. The third-order valence-electron chi connectivity index (χ3n) is 4.40. The van der Waals surface area contributed by atoms with Crippen molar-refractivity contribution < 1.29 is 0 Å². The fourth-order valence-corrected chi connectivity index (χ4v) is 3.55. The summed E-state index contributed by atoms with van der Waals surface area (Å²) in [4.78, 5) is 2.60. The molecule has 2 heterocycles. The van der Waals surface area contributed by atoms with Crippen molar-refractivity contribution >= 4 is 0 Å². The highest BCUT2D eigenvalue weighted by Crippen LogP contribution is 2.43.